The molecule has 0 amide bonds. The van der Waals surface area contributed by atoms with Crippen molar-refractivity contribution in [3.05, 3.63) is 155 Å². The molecule has 0 saturated heterocycles. The number of aromatic nitrogens is 1. The minimum absolute atomic E-state index is 0. The predicted octanol–water partition coefficient (Wildman–Crippen LogP) is 3.59. The van der Waals surface area contributed by atoms with E-state index in [9.17, 15) is 24.0 Å². The highest BCUT2D eigenvalue weighted by atomic mass is 79.9. The second-order valence-electron chi connectivity index (χ2n) is 10.6. The van der Waals surface area contributed by atoms with E-state index in [1.165, 1.54) is 12.1 Å². The van der Waals surface area contributed by atoms with E-state index < -0.39 is 23.9 Å². The van der Waals surface area contributed by atoms with Crippen molar-refractivity contribution in [2.45, 2.75) is 32.1 Å². The first-order valence-electron chi connectivity index (χ1n) is 15.4. The van der Waals surface area contributed by atoms with E-state index in [-0.39, 0.29) is 40.9 Å². The zero-order chi connectivity index (χ0) is 37.4. The Balaban J connectivity index is 0.000000498. The van der Waals surface area contributed by atoms with Gasteiger partial charge in [0.1, 0.15) is 5.75 Å². The lowest BCUT2D eigenvalue weighted by atomic mass is 10.1. The van der Waals surface area contributed by atoms with Gasteiger partial charge in [-0.05, 0) is 96.1 Å². The van der Waals surface area contributed by atoms with Gasteiger partial charge in [-0.2, -0.15) is 0 Å². The van der Waals surface area contributed by atoms with Crippen molar-refractivity contribution in [2.24, 2.45) is 0 Å². The number of carboxylic acids is 4. The van der Waals surface area contributed by atoms with Gasteiger partial charge in [0.15, 0.2) is 0 Å². The van der Waals surface area contributed by atoms with E-state index in [1.54, 1.807) is 79.1 Å². The fourth-order valence-corrected chi connectivity index (χ4v) is 3.99. The maximum atomic E-state index is 10.9. The fourth-order valence-electron chi connectivity index (χ4n) is 3.99. The van der Waals surface area contributed by atoms with Crippen LogP contribution in [0.5, 0.6) is 5.75 Å². The molecule has 0 bridgehead atoms. The molecule has 4 aromatic rings. The molecule has 0 radical (unpaired) electrons. The van der Waals surface area contributed by atoms with E-state index in [0.717, 1.165) is 22.3 Å². The molecule has 1 heterocycles. The summed E-state index contributed by atoms with van der Waals surface area (Å²) in [7, 11) is 0. The summed E-state index contributed by atoms with van der Waals surface area (Å²) in [6.07, 6.45) is 14.5. The number of benzene rings is 3. The Morgan fingerprint density at radius 2 is 1.33 bits per heavy atom. The molecule has 272 valence electrons. The highest BCUT2D eigenvalue weighted by Gasteiger charge is 2.02. The third-order valence-corrected chi connectivity index (χ3v) is 6.69. The third-order valence-electron chi connectivity index (χ3n) is 6.69. The molecular weight excluding hydrogens is 736 g/mol. The Bertz CT molecular complexity index is 1810. The molecule has 0 spiro atoms. The maximum absolute atomic E-state index is 10.9. The zero-order valence-electron chi connectivity index (χ0n) is 27.9. The van der Waals surface area contributed by atoms with E-state index in [2.05, 4.69) is 4.98 Å². The number of ether oxygens (including phenoxy) is 1. The summed E-state index contributed by atoms with van der Waals surface area (Å²) in [6, 6.07) is 23.3. The highest BCUT2D eigenvalue weighted by molar-refractivity contribution is 5.88. The van der Waals surface area contributed by atoms with Gasteiger partial charge < -0.3 is 47.9 Å². The first-order chi connectivity index (χ1) is 24.5. The van der Waals surface area contributed by atoms with E-state index >= 15 is 0 Å². The van der Waals surface area contributed by atoms with Crippen molar-refractivity contribution in [3.8, 4) is 5.75 Å². The number of hydrogen-bond donors (Lipinski definition) is 5. The number of nitrogens with zero attached hydrogens (tertiary/aromatic N) is 1. The number of halogens is 1. The molecule has 0 aliphatic carbocycles. The smallest absolute Gasteiger partial charge is 0.335 e. The maximum Gasteiger partial charge on any atom is 0.335 e. The molecule has 52 heavy (non-hydrogen) atoms. The van der Waals surface area contributed by atoms with Crippen LogP contribution in [0.2, 0.25) is 0 Å². The summed E-state index contributed by atoms with van der Waals surface area (Å²) in [5, 5.41) is 34.7. The van der Waals surface area contributed by atoms with Crippen LogP contribution in [-0.4, -0.2) is 55.8 Å². The largest absolute Gasteiger partial charge is 1.00 e. The van der Waals surface area contributed by atoms with Gasteiger partial charge in [0.2, 0.25) is 0 Å². The van der Waals surface area contributed by atoms with E-state index in [1.807, 2.05) is 36.4 Å². The van der Waals surface area contributed by atoms with E-state index in [0.29, 0.717) is 37.2 Å². The standard InChI is InChI=1S/C24H22O6.C8H9NO2.C7H7NO2.BrH/c25-17-30-22-14-9-20(10-15-22)6-5-18(11-16-23(26)27)3-1-2-4-19-7-12-21(13-8-19)24(28)29;10-8(11)4-3-7-2-1-5-9-6-7;8-6-3-1-5(2-4-6)7(9)10;/h1-3,5-10,12-15,17H,4,11,16H2,(H,26,27)(H,28,29);1-2,5-6H,3-4H2,(H,10,11);1-4H,8H2,(H,9,10);1H/p-1/b2-1+,6-5+,18-3-;;;. The molecule has 0 saturated carbocycles. The number of pyridine rings is 1. The van der Waals surface area contributed by atoms with Crippen LogP contribution in [0.3, 0.4) is 0 Å². The molecule has 4 rings (SSSR count). The number of aryl methyl sites for hydroxylation is 1. The second-order valence-corrected chi connectivity index (χ2v) is 10.6. The summed E-state index contributed by atoms with van der Waals surface area (Å²) >= 11 is 0. The molecule has 0 fully saturated rings. The lowest BCUT2D eigenvalue weighted by Crippen LogP contribution is -3.00. The Labute approximate surface area is 311 Å². The molecule has 0 atom stereocenters. The SMILES string of the molecule is Nc1ccc(C(=O)O)cc1.O=C(O)CCc1cccnc1.O=COc1ccc(/C=C/C(=C/C=C/Cc2ccc(C(=O)O)cc2)CCC(=O)O)cc1.[Br-]. The van der Waals surface area contributed by atoms with Crippen LogP contribution in [0.15, 0.2) is 127 Å². The zero-order valence-corrected chi connectivity index (χ0v) is 29.5. The molecule has 12 nitrogen and oxygen atoms in total. The quantitative estimate of drug-likeness (QED) is 0.0666. The number of aromatic carboxylic acids is 2. The molecule has 1 aromatic heterocycles. The van der Waals surface area contributed by atoms with Crippen molar-refractivity contribution in [1.82, 2.24) is 4.98 Å². The number of aliphatic carboxylic acids is 2. The number of anilines is 1. The second kappa shape index (κ2) is 24.7. The normalized spacial score (nSPS) is 10.5. The van der Waals surface area contributed by atoms with Crippen LogP contribution in [0.1, 0.15) is 56.7 Å². The van der Waals surface area contributed by atoms with Crippen molar-refractivity contribution in [2.75, 3.05) is 5.73 Å². The highest BCUT2D eigenvalue weighted by Crippen LogP contribution is 2.15. The number of carboxylic acid groups (broad SMARTS) is 4. The van der Waals surface area contributed by atoms with Crippen molar-refractivity contribution in [1.29, 1.82) is 0 Å². The summed E-state index contributed by atoms with van der Waals surface area (Å²) in [4.78, 5) is 56.4. The number of nitrogen functional groups attached to an aromatic ring is 1. The molecule has 0 aliphatic heterocycles. The predicted molar refractivity (Wildman–Crippen MR) is 191 cm³/mol. The van der Waals surface area contributed by atoms with E-state index in [4.69, 9.17) is 30.9 Å². The Morgan fingerprint density at radius 3 is 1.85 bits per heavy atom. The number of hydrogen-bond acceptors (Lipinski definition) is 8. The fraction of sp³-hybridized carbons (Fsp3) is 0.128. The molecule has 13 heteroatoms. The van der Waals surface area contributed by atoms with Gasteiger partial charge in [-0.25, -0.2) is 9.59 Å². The molecule has 3 aromatic carbocycles. The van der Waals surface area contributed by atoms with Gasteiger partial charge in [0.25, 0.3) is 6.47 Å². The van der Waals surface area contributed by atoms with Crippen LogP contribution in [0.25, 0.3) is 6.08 Å². The summed E-state index contributed by atoms with van der Waals surface area (Å²) in [5.74, 6) is -3.08. The van der Waals surface area contributed by atoms with Crippen LogP contribution in [0, 0.1) is 0 Å². The number of rotatable bonds is 15. The minimum atomic E-state index is -0.958. The van der Waals surface area contributed by atoms with Crippen molar-refractivity contribution in [3.63, 3.8) is 0 Å². The van der Waals surface area contributed by atoms with Gasteiger partial charge in [-0.15, -0.1) is 0 Å². The molecule has 0 aliphatic rings. The van der Waals surface area contributed by atoms with Gasteiger partial charge in [0, 0.05) is 30.9 Å². The third kappa shape index (κ3) is 19.0. The molecule has 0 unspecified atom stereocenters. The Morgan fingerprint density at radius 1 is 0.731 bits per heavy atom. The lowest BCUT2D eigenvalue weighted by molar-refractivity contribution is -0.138. The molecular formula is C39H38BrN2O10-. The number of carbonyl (C=O) groups excluding carboxylic acids is 1. The van der Waals surface area contributed by atoms with Crippen molar-refractivity contribution < 1.29 is 66.1 Å². The van der Waals surface area contributed by atoms with Gasteiger partial charge in [-0.3, -0.25) is 19.4 Å². The Hall–Kier alpha value is -6.34. The first kappa shape index (κ1) is 43.7. The van der Waals surface area contributed by atoms with Crippen LogP contribution >= 0.6 is 0 Å². The summed E-state index contributed by atoms with van der Waals surface area (Å²) < 4.78 is 4.75. The number of allylic oxidation sites excluding steroid dienone is 5. The van der Waals surface area contributed by atoms with Crippen LogP contribution < -0.4 is 27.5 Å². The minimum Gasteiger partial charge on any atom is -1.00 e. The topological polar surface area (TPSA) is 214 Å². The number of carbonyl (C=O) groups is 5. The number of nitrogens with two attached hydrogens (primary N) is 1. The van der Waals surface area contributed by atoms with Crippen LogP contribution in [-0.2, 0) is 27.2 Å². The summed E-state index contributed by atoms with van der Waals surface area (Å²) in [5.41, 5.74) is 10.1. The van der Waals surface area contributed by atoms with Crippen molar-refractivity contribution >= 4 is 42.1 Å². The van der Waals surface area contributed by atoms with Gasteiger partial charge >= 0.3 is 23.9 Å². The first-order valence-corrected chi connectivity index (χ1v) is 15.4. The lowest BCUT2D eigenvalue weighted by Gasteiger charge is -2.01. The summed E-state index contributed by atoms with van der Waals surface area (Å²) in [6.45, 7) is 0.366. The average molecular weight is 775 g/mol. The average Bonchev–Trinajstić information content (AvgIpc) is 3.12. The molecule has 6 N–H and O–H groups in total. The van der Waals surface area contributed by atoms with Gasteiger partial charge in [-0.1, -0.05) is 60.7 Å². The van der Waals surface area contributed by atoms with Gasteiger partial charge in [0.05, 0.1) is 11.1 Å². The Kier molecular flexibility index (Phi) is 20.8. The van der Waals surface area contributed by atoms with Crippen LogP contribution in [0.4, 0.5) is 5.69 Å². The monoisotopic (exact) mass is 773 g/mol.